The Morgan fingerprint density at radius 2 is 2.11 bits per heavy atom. The smallest absolute Gasteiger partial charge is 0.347 e. The number of rotatable bonds is 7. The second-order valence-electron chi connectivity index (χ2n) is 6.71. The lowest BCUT2D eigenvalue weighted by atomic mass is 10.0. The van der Waals surface area contributed by atoms with Gasteiger partial charge in [0.1, 0.15) is 0 Å². The molecule has 2 amide bonds. The second-order valence-corrected chi connectivity index (χ2v) is 6.71. The van der Waals surface area contributed by atoms with E-state index in [1.54, 1.807) is 28.0 Å². The number of nitrogens with zero attached hydrogens (tertiary/aromatic N) is 3. The van der Waals surface area contributed by atoms with Crippen LogP contribution in [0.3, 0.4) is 0 Å². The highest BCUT2D eigenvalue weighted by Gasteiger charge is 2.32. The first kappa shape index (κ1) is 19.9. The molecule has 0 unspecified atom stereocenters. The molecule has 1 saturated heterocycles. The number of nitrogens with one attached hydrogen (secondary N) is 1. The summed E-state index contributed by atoms with van der Waals surface area (Å²) in [6.45, 7) is 1.04. The van der Waals surface area contributed by atoms with Gasteiger partial charge >= 0.3 is 6.18 Å². The average molecular weight is 394 g/mol. The van der Waals surface area contributed by atoms with E-state index < -0.39 is 17.8 Å². The minimum absolute atomic E-state index is 0.0530. The van der Waals surface area contributed by atoms with Gasteiger partial charge in [-0.05, 0) is 30.2 Å². The van der Waals surface area contributed by atoms with E-state index in [0.29, 0.717) is 31.5 Å². The predicted molar refractivity (Wildman–Crippen MR) is 95.0 cm³/mol. The summed E-state index contributed by atoms with van der Waals surface area (Å²) >= 11 is 0. The summed E-state index contributed by atoms with van der Waals surface area (Å²) in [6, 6.07) is 5.89. The molecular weight excluding hydrogens is 373 g/mol. The van der Waals surface area contributed by atoms with Crippen molar-refractivity contribution in [2.24, 2.45) is 0 Å². The van der Waals surface area contributed by atoms with Crippen molar-refractivity contribution >= 4 is 11.8 Å². The van der Waals surface area contributed by atoms with E-state index in [1.165, 1.54) is 12.1 Å². The van der Waals surface area contributed by atoms with E-state index in [4.69, 9.17) is 0 Å². The molecule has 150 valence electrons. The Kier molecular flexibility index (Phi) is 6.01. The average Bonchev–Trinajstić information content (AvgIpc) is 3.31. The largest absolute Gasteiger partial charge is 0.416 e. The van der Waals surface area contributed by atoms with Crippen LogP contribution in [-0.4, -0.2) is 39.6 Å². The van der Waals surface area contributed by atoms with Gasteiger partial charge < -0.3 is 10.2 Å². The van der Waals surface area contributed by atoms with E-state index >= 15 is 0 Å². The molecule has 1 atom stereocenters. The van der Waals surface area contributed by atoms with Gasteiger partial charge in [0.25, 0.3) is 0 Å². The molecule has 1 fully saturated rings. The third-order valence-electron chi connectivity index (χ3n) is 4.65. The maximum absolute atomic E-state index is 13.1. The number of benzene rings is 1. The van der Waals surface area contributed by atoms with Crippen LogP contribution in [0.5, 0.6) is 0 Å². The zero-order valence-corrected chi connectivity index (χ0v) is 15.2. The molecule has 9 heteroatoms. The van der Waals surface area contributed by atoms with Crippen LogP contribution in [-0.2, 0) is 22.3 Å². The molecule has 2 heterocycles. The number of aromatic nitrogens is 2. The number of alkyl halides is 3. The molecule has 0 radical (unpaired) electrons. The van der Waals surface area contributed by atoms with Gasteiger partial charge in [-0.3, -0.25) is 14.3 Å². The molecule has 3 rings (SSSR count). The highest BCUT2D eigenvalue weighted by molar-refractivity contribution is 5.79. The fourth-order valence-electron chi connectivity index (χ4n) is 3.20. The van der Waals surface area contributed by atoms with E-state index in [0.717, 1.165) is 12.1 Å². The summed E-state index contributed by atoms with van der Waals surface area (Å²) < 4.78 is 40.8. The summed E-state index contributed by atoms with van der Waals surface area (Å²) in [5, 5.41) is 6.80. The van der Waals surface area contributed by atoms with Crippen LogP contribution in [0.15, 0.2) is 42.7 Å². The monoisotopic (exact) mass is 394 g/mol. The molecular formula is C19H21F3N4O2. The number of likely N-dealkylation sites (tertiary alicyclic amines) is 1. The molecule has 1 aromatic carbocycles. The van der Waals surface area contributed by atoms with E-state index in [9.17, 15) is 22.8 Å². The van der Waals surface area contributed by atoms with Gasteiger partial charge in [0.15, 0.2) is 0 Å². The number of carbonyl (C=O) groups is 2. The number of amides is 2. The predicted octanol–water partition coefficient (Wildman–Crippen LogP) is 2.77. The SMILES string of the molecule is O=C(CCn1cccn1)N[C@@H](CN1CCCC1=O)c1cccc(C(F)(F)F)c1. The van der Waals surface area contributed by atoms with Crippen LogP contribution in [0.2, 0.25) is 0 Å². The zero-order valence-electron chi connectivity index (χ0n) is 15.2. The topological polar surface area (TPSA) is 67.2 Å². The molecule has 2 aromatic rings. The summed E-state index contributed by atoms with van der Waals surface area (Å²) in [6.07, 6.45) is 0.103. The lowest BCUT2D eigenvalue weighted by Gasteiger charge is -2.26. The Hall–Kier alpha value is -2.84. The van der Waals surface area contributed by atoms with Gasteiger partial charge in [-0.25, -0.2) is 0 Å². The summed E-state index contributed by atoms with van der Waals surface area (Å²) in [5.41, 5.74) is -0.462. The number of hydrogen-bond donors (Lipinski definition) is 1. The van der Waals surface area contributed by atoms with Gasteiger partial charge in [-0.2, -0.15) is 18.3 Å². The molecule has 1 aromatic heterocycles. The van der Waals surface area contributed by atoms with Crippen molar-refractivity contribution in [3.8, 4) is 0 Å². The quantitative estimate of drug-likeness (QED) is 0.785. The number of hydrogen-bond acceptors (Lipinski definition) is 3. The maximum Gasteiger partial charge on any atom is 0.416 e. The summed E-state index contributed by atoms with van der Waals surface area (Å²) in [5.74, 6) is -0.368. The number of aryl methyl sites for hydroxylation is 1. The molecule has 28 heavy (non-hydrogen) atoms. The summed E-state index contributed by atoms with van der Waals surface area (Å²) in [7, 11) is 0. The van der Waals surface area contributed by atoms with Crippen LogP contribution < -0.4 is 5.32 Å². The lowest BCUT2D eigenvalue weighted by Crippen LogP contribution is -2.39. The van der Waals surface area contributed by atoms with Gasteiger partial charge in [-0.1, -0.05) is 12.1 Å². The standard InChI is InChI=1S/C19H21F3N4O2/c20-19(21,22)15-5-1-4-14(12-15)16(13-25-9-2-6-18(25)28)24-17(27)7-11-26-10-3-8-23-26/h1,3-5,8,10,12,16H,2,6-7,9,11,13H2,(H,24,27)/t16-/m0/s1. The molecule has 1 aliphatic rings. The fraction of sp³-hybridized carbons (Fsp3) is 0.421. The lowest BCUT2D eigenvalue weighted by molar-refractivity contribution is -0.137. The number of carbonyl (C=O) groups excluding carboxylic acids is 2. The second kappa shape index (κ2) is 8.45. The first-order chi connectivity index (χ1) is 13.3. The van der Waals surface area contributed by atoms with E-state index in [1.807, 2.05) is 0 Å². The first-order valence-electron chi connectivity index (χ1n) is 9.04. The molecule has 6 nitrogen and oxygen atoms in total. The maximum atomic E-state index is 13.1. The van der Waals surface area contributed by atoms with Crippen LogP contribution in [0.1, 0.15) is 36.4 Å². The Morgan fingerprint density at radius 1 is 1.29 bits per heavy atom. The molecule has 0 aliphatic carbocycles. The minimum Gasteiger partial charge on any atom is -0.347 e. The Morgan fingerprint density at radius 3 is 2.75 bits per heavy atom. The van der Waals surface area contributed by atoms with Crippen molar-refractivity contribution in [3.05, 3.63) is 53.9 Å². The highest BCUT2D eigenvalue weighted by atomic mass is 19.4. The van der Waals surface area contributed by atoms with Crippen LogP contribution in [0.4, 0.5) is 13.2 Å². The van der Waals surface area contributed by atoms with Crippen molar-refractivity contribution in [1.82, 2.24) is 20.0 Å². The third-order valence-corrected chi connectivity index (χ3v) is 4.65. The van der Waals surface area contributed by atoms with Crippen molar-refractivity contribution < 1.29 is 22.8 Å². The van der Waals surface area contributed by atoms with Gasteiger partial charge in [0.05, 0.1) is 11.6 Å². The van der Waals surface area contributed by atoms with Crippen molar-refractivity contribution in [2.45, 2.75) is 38.0 Å². The molecule has 1 aliphatic heterocycles. The van der Waals surface area contributed by atoms with Crippen molar-refractivity contribution in [2.75, 3.05) is 13.1 Å². The van der Waals surface area contributed by atoms with Crippen LogP contribution >= 0.6 is 0 Å². The first-order valence-corrected chi connectivity index (χ1v) is 9.04. The molecule has 1 N–H and O–H groups in total. The van der Waals surface area contributed by atoms with E-state index in [2.05, 4.69) is 10.4 Å². The van der Waals surface area contributed by atoms with Gasteiger partial charge in [0.2, 0.25) is 11.8 Å². The summed E-state index contributed by atoms with van der Waals surface area (Å²) in [4.78, 5) is 25.9. The molecule has 0 spiro atoms. The Balaban J connectivity index is 1.74. The molecule has 0 bridgehead atoms. The van der Waals surface area contributed by atoms with Crippen LogP contribution in [0.25, 0.3) is 0 Å². The normalized spacial score (nSPS) is 15.7. The number of halogens is 3. The third kappa shape index (κ3) is 5.11. The molecule has 0 saturated carbocycles. The fourth-order valence-corrected chi connectivity index (χ4v) is 3.20. The van der Waals surface area contributed by atoms with E-state index in [-0.39, 0.29) is 24.8 Å². The van der Waals surface area contributed by atoms with Gasteiger partial charge in [-0.15, -0.1) is 0 Å². The highest BCUT2D eigenvalue weighted by Crippen LogP contribution is 2.31. The van der Waals surface area contributed by atoms with Crippen molar-refractivity contribution in [1.29, 1.82) is 0 Å². The van der Waals surface area contributed by atoms with Crippen molar-refractivity contribution in [3.63, 3.8) is 0 Å². The Labute approximate surface area is 160 Å². The van der Waals surface area contributed by atoms with Gasteiger partial charge in [0, 0.05) is 44.9 Å². The Bertz CT molecular complexity index is 821. The van der Waals surface area contributed by atoms with Crippen LogP contribution in [0, 0.1) is 0 Å². The zero-order chi connectivity index (χ0) is 20.1. The minimum atomic E-state index is -4.48.